The number of esters is 1. The number of hydrogen-bond donors (Lipinski definition) is 1. The van der Waals surface area contributed by atoms with Crippen molar-refractivity contribution in [1.29, 1.82) is 0 Å². The maximum Gasteiger partial charge on any atom is 0.328 e. The van der Waals surface area contributed by atoms with Crippen LogP contribution in [0, 0.1) is 0 Å². The second-order valence-corrected chi connectivity index (χ2v) is 4.64. The van der Waals surface area contributed by atoms with Gasteiger partial charge in [-0.25, -0.2) is 4.79 Å². The van der Waals surface area contributed by atoms with E-state index < -0.39 is 12.0 Å². The number of hydrogen-bond acceptors (Lipinski definition) is 4. The number of rotatable bonds is 6. The third kappa shape index (κ3) is 4.91. The molecule has 5 nitrogen and oxygen atoms in total. The van der Waals surface area contributed by atoms with E-state index >= 15 is 0 Å². The SMILES string of the molecule is CCOC(=O)C(C)NC(=O)c1cccc(OC(C)C)c1. The van der Waals surface area contributed by atoms with Gasteiger partial charge in [-0.3, -0.25) is 4.79 Å². The molecule has 0 heterocycles. The smallest absolute Gasteiger partial charge is 0.328 e. The third-order valence-electron chi connectivity index (χ3n) is 2.46. The zero-order valence-corrected chi connectivity index (χ0v) is 12.3. The third-order valence-corrected chi connectivity index (χ3v) is 2.46. The molecule has 0 aliphatic heterocycles. The Kier molecular flexibility index (Phi) is 6.03. The van der Waals surface area contributed by atoms with Crippen molar-refractivity contribution in [3.05, 3.63) is 29.8 Å². The van der Waals surface area contributed by atoms with Gasteiger partial charge in [-0.15, -0.1) is 0 Å². The molecule has 0 bridgehead atoms. The Hall–Kier alpha value is -2.04. The lowest BCUT2D eigenvalue weighted by molar-refractivity contribution is -0.144. The molecule has 0 fully saturated rings. The van der Waals surface area contributed by atoms with Crippen LogP contribution >= 0.6 is 0 Å². The molecule has 1 atom stereocenters. The van der Waals surface area contributed by atoms with E-state index in [1.54, 1.807) is 38.1 Å². The molecule has 110 valence electrons. The quantitative estimate of drug-likeness (QED) is 0.810. The molecule has 1 N–H and O–H groups in total. The number of ether oxygens (including phenoxy) is 2. The average molecular weight is 279 g/mol. The predicted molar refractivity (Wildman–Crippen MR) is 75.8 cm³/mol. The van der Waals surface area contributed by atoms with Crippen molar-refractivity contribution in [1.82, 2.24) is 5.32 Å². The molecular formula is C15H21NO4. The molecule has 0 aromatic heterocycles. The van der Waals surface area contributed by atoms with E-state index in [4.69, 9.17) is 9.47 Å². The molecule has 0 saturated carbocycles. The molecule has 0 aliphatic rings. The summed E-state index contributed by atoms with van der Waals surface area (Å²) in [5.74, 6) is -0.161. The molecule has 1 amide bonds. The number of benzene rings is 1. The van der Waals surface area contributed by atoms with Crippen LogP contribution in [0.5, 0.6) is 5.75 Å². The number of carbonyl (C=O) groups is 2. The highest BCUT2D eigenvalue weighted by atomic mass is 16.5. The maximum atomic E-state index is 12.0. The van der Waals surface area contributed by atoms with Crippen molar-refractivity contribution >= 4 is 11.9 Å². The molecule has 1 aromatic rings. The Bertz CT molecular complexity index is 471. The molecule has 0 saturated heterocycles. The lowest BCUT2D eigenvalue weighted by atomic mass is 10.2. The van der Waals surface area contributed by atoms with Gasteiger partial charge >= 0.3 is 5.97 Å². The predicted octanol–water partition coefficient (Wildman–Crippen LogP) is 2.16. The molecule has 5 heteroatoms. The van der Waals surface area contributed by atoms with Crippen LogP contribution in [0.1, 0.15) is 38.1 Å². The second-order valence-electron chi connectivity index (χ2n) is 4.64. The fraction of sp³-hybridized carbons (Fsp3) is 0.467. The summed E-state index contributed by atoms with van der Waals surface area (Å²) in [6, 6.07) is 6.15. The fourth-order valence-electron chi connectivity index (χ4n) is 1.59. The summed E-state index contributed by atoms with van der Waals surface area (Å²) in [6.45, 7) is 7.42. The standard InChI is InChI=1S/C15H21NO4/c1-5-19-15(18)11(4)16-14(17)12-7-6-8-13(9-12)20-10(2)3/h6-11H,5H2,1-4H3,(H,16,17). The number of nitrogens with one attached hydrogen (secondary N) is 1. The fourth-order valence-corrected chi connectivity index (χ4v) is 1.59. The Morgan fingerprint density at radius 1 is 1.25 bits per heavy atom. The molecule has 1 aromatic carbocycles. The van der Waals surface area contributed by atoms with E-state index in [9.17, 15) is 9.59 Å². The number of amides is 1. The van der Waals surface area contributed by atoms with E-state index in [0.717, 1.165) is 0 Å². The van der Waals surface area contributed by atoms with Crippen molar-refractivity contribution in [2.45, 2.75) is 39.8 Å². The summed E-state index contributed by atoms with van der Waals surface area (Å²) in [6.07, 6.45) is 0.0340. The highest BCUT2D eigenvalue weighted by Crippen LogP contribution is 2.15. The molecule has 1 unspecified atom stereocenters. The Labute approximate surface area is 119 Å². The van der Waals surface area contributed by atoms with Gasteiger partial charge in [0.15, 0.2) is 0 Å². The monoisotopic (exact) mass is 279 g/mol. The van der Waals surface area contributed by atoms with E-state index in [-0.39, 0.29) is 18.6 Å². The Morgan fingerprint density at radius 2 is 1.95 bits per heavy atom. The minimum Gasteiger partial charge on any atom is -0.491 e. The Morgan fingerprint density at radius 3 is 2.55 bits per heavy atom. The van der Waals surface area contributed by atoms with Gasteiger partial charge < -0.3 is 14.8 Å². The molecule has 0 aliphatic carbocycles. The summed E-state index contributed by atoms with van der Waals surface area (Å²) in [5.41, 5.74) is 0.444. The van der Waals surface area contributed by atoms with Crippen LogP contribution in [-0.4, -0.2) is 30.6 Å². The topological polar surface area (TPSA) is 64.6 Å². The van der Waals surface area contributed by atoms with Crippen LogP contribution in [0.15, 0.2) is 24.3 Å². The molecule has 0 radical (unpaired) electrons. The van der Waals surface area contributed by atoms with Crippen LogP contribution in [0.3, 0.4) is 0 Å². The maximum absolute atomic E-state index is 12.0. The number of carbonyl (C=O) groups excluding carboxylic acids is 2. The summed E-state index contributed by atoms with van der Waals surface area (Å²) in [7, 11) is 0. The minimum absolute atomic E-state index is 0.0340. The second kappa shape index (κ2) is 7.53. The average Bonchev–Trinajstić information content (AvgIpc) is 2.38. The van der Waals surface area contributed by atoms with Gasteiger partial charge in [0, 0.05) is 5.56 Å². The van der Waals surface area contributed by atoms with Gasteiger partial charge in [0.1, 0.15) is 11.8 Å². The van der Waals surface area contributed by atoms with Crippen LogP contribution < -0.4 is 10.1 Å². The first kappa shape index (κ1) is 16.0. The van der Waals surface area contributed by atoms with Crippen molar-refractivity contribution in [3.8, 4) is 5.75 Å². The van der Waals surface area contributed by atoms with Gasteiger partial charge in [-0.2, -0.15) is 0 Å². The van der Waals surface area contributed by atoms with Gasteiger partial charge in [0.05, 0.1) is 12.7 Å². The van der Waals surface area contributed by atoms with Crippen molar-refractivity contribution in [2.75, 3.05) is 6.61 Å². The van der Waals surface area contributed by atoms with Crippen LogP contribution in [0.4, 0.5) is 0 Å². The minimum atomic E-state index is -0.683. The first-order valence-corrected chi connectivity index (χ1v) is 6.68. The van der Waals surface area contributed by atoms with Gasteiger partial charge in [0.2, 0.25) is 0 Å². The zero-order chi connectivity index (χ0) is 15.1. The lowest BCUT2D eigenvalue weighted by Gasteiger charge is -2.14. The largest absolute Gasteiger partial charge is 0.491 e. The first-order valence-electron chi connectivity index (χ1n) is 6.68. The van der Waals surface area contributed by atoms with Gasteiger partial charge in [0.25, 0.3) is 5.91 Å². The normalized spacial score (nSPS) is 11.8. The zero-order valence-electron chi connectivity index (χ0n) is 12.3. The van der Waals surface area contributed by atoms with E-state index in [1.165, 1.54) is 0 Å². The molecule has 20 heavy (non-hydrogen) atoms. The van der Waals surface area contributed by atoms with Crippen molar-refractivity contribution in [2.24, 2.45) is 0 Å². The summed E-state index contributed by atoms with van der Waals surface area (Å²) in [4.78, 5) is 23.5. The summed E-state index contributed by atoms with van der Waals surface area (Å²) >= 11 is 0. The molecule has 0 spiro atoms. The van der Waals surface area contributed by atoms with Crippen LogP contribution in [-0.2, 0) is 9.53 Å². The van der Waals surface area contributed by atoms with Crippen molar-refractivity contribution in [3.63, 3.8) is 0 Å². The molecular weight excluding hydrogens is 258 g/mol. The first-order chi connectivity index (χ1) is 9.43. The van der Waals surface area contributed by atoms with E-state index in [1.807, 2.05) is 13.8 Å². The van der Waals surface area contributed by atoms with E-state index in [0.29, 0.717) is 11.3 Å². The molecule has 1 rings (SSSR count). The van der Waals surface area contributed by atoms with Gasteiger partial charge in [-0.05, 0) is 45.9 Å². The van der Waals surface area contributed by atoms with Crippen LogP contribution in [0.2, 0.25) is 0 Å². The van der Waals surface area contributed by atoms with Crippen molar-refractivity contribution < 1.29 is 19.1 Å². The summed E-state index contributed by atoms with van der Waals surface area (Å²) < 4.78 is 10.4. The lowest BCUT2D eigenvalue weighted by Crippen LogP contribution is -2.39. The highest BCUT2D eigenvalue weighted by Gasteiger charge is 2.17. The summed E-state index contributed by atoms with van der Waals surface area (Å²) in [5, 5.41) is 2.59. The van der Waals surface area contributed by atoms with Gasteiger partial charge in [-0.1, -0.05) is 6.07 Å². The van der Waals surface area contributed by atoms with E-state index in [2.05, 4.69) is 5.32 Å². The Balaban J connectivity index is 2.70. The van der Waals surface area contributed by atoms with Crippen LogP contribution in [0.25, 0.3) is 0 Å². The highest BCUT2D eigenvalue weighted by molar-refractivity contribution is 5.97.